The zero-order chi connectivity index (χ0) is 24.8. The van der Waals surface area contributed by atoms with E-state index < -0.39 is 23.8 Å². The molecule has 0 aromatic rings. The predicted molar refractivity (Wildman–Crippen MR) is 126 cm³/mol. The largest absolute Gasteiger partial charge is 0.462 e. The van der Waals surface area contributed by atoms with Gasteiger partial charge in [0.2, 0.25) is 6.29 Å². The van der Waals surface area contributed by atoms with E-state index in [1.54, 1.807) is 7.11 Å². The number of hydrogen-bond acceptors (Lipinski definition) is 6. The number of carbonyl (C=O) groups is 2. The number of aliphatic hydroxyl groups is 1. The maximum Gasteiger partial charge on any atom is 0.337 e. The first-order valence-corrected chi connectivity index (χ1v) is 13.1. The molecule has 1 heterocycles. The van der Waals surface area contributed by atoms with Crippen molar-refractivity contribution in [2.24, 2.45) is 39.4 Å². The molecule has 6 nitrogen and oxygen atoms in total. The van der Waals surface area contributed by atoms with Crippen LogP contribution >= 0.6 is 0 Å². The van der Waals surface area contributed by atoms with Crippen LogP contribution in [-0.4, -0.2) is 42.7 Å². The SMILES string of the molecule is CO[C@@H]1C[C@H]2[C@]3(C)CC[C@H]4C(C)(C)CCC[C@]4(C)[C@H]3C[C@H](OC(C)=O)[C@]2(C)C2=C1[C@@H](O)OC2=O. The van der Waals surface area contributed by atoms with Crippen LogP contribution in [0.15, 0.2) is 11.1 Å². The lowest BCUT2D eigenvalue weighted by Gasteiger charge is -2.70. The highest BCUT2D eigenvalue weighted by Crippen LogP contribution is 2.73. The first-order valence-electron chi connectivity index (χ1n) is 13.1. The van der Waals surface area contributed by atoms with Crippen LogP contribution in [-0.2, 0) is 23.8 Å². The van der Waals surface area contributed by atoms with E-state index in [-0.39, 0.29) is 28.8 Å². The molecular formula is C28H42O6. The second-order valence-corrected chi connectivity index (χ2v) is 13.2. The Kier molecular flexibility index (Phi) is 5.40. The average Bonchev–Trinajstić information content (AvgIpc) is 3.03. The first-order chi connectivity index (χ1) is 15.8. The molecule has 5 aliphatic rings. The van der Waals surface area contributed by atoms with Gasteiger partial charge in [0.25, 0.3) is 0 Å². The Morgan fingerprint density at radius 1 is 1.00 bits per heavy atom. The van der Waals surface area contributed by atoms with E-state index in [0.29, 0.717) is 34.8 Å². The molecule has 1 N–H and O–H groups in total. The molecule has 0 radical (unpaired) electrons. The number of rotatable bonds is 2. The summed E-state index contributed by atoms with van der Waals surface area (Å²) in [7, 11) is 1.64. The van der Waals surface area contributed by atoms with Crippen molar-refractivity contribution in [1.82, 2.24) is 0 Å². The number of fused-ring (bicyclic) bond motifs is 6. The Hall–Kier alpha value is -1.40. The second-order valence-electron chi connectivity index (χ2n) is 13.2. The number of methoxy groups -OCH3 is 1. The Labute approximate surface area is 203 Å². The standard InChI is InChI=1S/C28H42O6/c1-15(29)33-20-14-18-26(4)11-8-10-25(2,3)17(26)9-12-27(18,5)19-13-16(32-7)21-22(28(19,20)6)24(31)34-23(21)30/h16-20,23,30H,8-14H2,1-7H3/t16-,17+,18-,19+,20+,23+,26+,27-,28-/m1/s1. The number of esters is 2. The van der Waals surface area contributed by atoms with Gasteiger partial charge in [-0.3, -0.25) is 4.79 Å². The van der Waals surface area contributed by atoms with E-state index in [0.717, 1.165) is 12.8 Å². The molecule has 0 aromatic carbocycles. The van der Waals surface area contributed by atoms with E-state index in [9.17, 15) is 14.7 Å². The van der Waals surface area contributed by atoms with E-state index >= 15 is 0 Å². The van der Waals surface area contributed by atoms with E-state index in [1.807, 2.05) is 0 Å². The molecular weight excluding hydrogens is 432 g/mol. The molecule has 0 saturated heterocycles. The number of ether oxygens (including phenoxy) is 3. The minimum absolute atomic E-state index is 0.0345. The topological polar surface area (TPSA) is 82.1 Å². The summed E-state index contributed by atoms with van der Waals surface area (Å²) in [5.74, 6) is 0.270. The summed E-state index contributed by atoms with van der Waals surface area (Å²) in [6.45, 7) is 13.3. The van der Waals surface area contributed by atoms with Gasteiger partial charge in [-0.1, -0.05) is 41.0 Å². The van der Waals surface area contributed by atoms with Crippen molar-refractivity contribution in [3.8, 4) is 0 Å². The average molecular weight is 475 g/mol. The molecule has 5 rings (SSSR count). The molecule has 6 heteroatoms. The summed E-state index contributed by atoms with van der Waals surface area (Å²) in [5.41, 5.74) is 0.718. The number of hydrogen-bond donors (Lipinski definition) is 1. The van der Waals surface area contributed by atoms with E-state index in [1.165, 1.54) is 32.6 Å². The third-order valence-corrected chi connectivity index (χ3v) is 11.4. The van der Waals surface area contributed by atoms with Gasteiger partial charge in [0.15, 0.2) is 0 Å². The normalized spacial score (nSPS) is 49.4. The molecule has 34 heavy (non-hydrogen) atoms. The molecule has 0 unspecified atom stereocenters. The fourth-order valence-electron chi connectivity index (χ4n) is 10.1. The fourth-order valence-corrected chi connectivity index (χ4v) is 10.1. The van der Waals surface area contributed by atoms with Crippen LogP contribution in [0.25, 0.3) is 0 Å². The van der Waals surface area contributed by atoms with Crippen molar-refractivity contribution in [3.05, 3.63) is 11.1 Å². The molecule has 3 fully saturated rings. The zero-order valence-corrected chi connectivity index (χ0v) is 21.9. The summed E-state index contributed by atoms with van der Waals surface area (Å²) >= 11 is 0. The fraction of sp³-hybridized carbons (Fsp3) is 0.857. The van der Waals surface area contributed by atoms with Crippen LogP contribution in [0.5, 0.6) is 0 Å². The van der Waals surface area contributed by atoms with Gasteiger partial charge < -0.3 is 19.3 Å². The van der Waals surface area contributed by atoms with Gasteiger partial charge >= 0.3 is 11.9 Å². The summed E-state index contributed by atoms with van der Waals surface area (Å²) in [4.78, 5) is 25.5. The Balaban J connectivity index is 1.68. The molecule has 0 spiro atoms. The molecule has 190 valence electrons. The molecule has 9 atom stereocenters. The second kappa shape index (κ2) is 7.55. The smallest absolute Gasteiger partial charge is 0.337 e. The first kappa shape index (κ1) is 24.3. The van der Waals surface area contributed by atoms with Crippen molar-refractivity contribution < 1.29 is 28.9 Å². The third-order valence-electron chi connectivity index (χ3n) is 11.4. The number of aliphatic hydroxyl groups excluding tert-OH is 1. The molecule has 0 bridgehead atoms. The minimum atomic E-state index is -1.29. The van der Waals surface area contributed by atoms with Crippen molar-refractivity contribution >= 4 is 11.9 Å². The summed E-state index contributed by atoms with van der Waals surface area (Å²) in [6, 6.07) is 0. The molecule has 1 aliphatic heterocycles. The summed E-state index contributed by atoms with van der Waals surface area (Å²) in [5, 5.41) is 10.6. The highest BCUT2D eigenvalue weighted by Gasteiger charge is 2.71. The van der Waals surface area contributed by atoms with Crippen LogP contribution in [0, 0.1) is 39.4 Å². The van der Waals surface area contributed by atoms with E-state index in [4.69, 9.17) is 14.2 Å². The van der Waals surface area contributed by atoms with Crippen molar-refractivity contribution in [3.63, 3.8) is 0 Å². The Morgan fingerprint density at radius 2 is 1.68 bits per heavy atom. The molecule has 3 saturated carbocycles. The maximum atomic E-state index is 13.2. The van der Waals surface area contributed by atoms with Gasteiger partial charge in [-0.05, 0) is 72.5 Å². The summed E-state index contributed by atoms with van der Waals surface area (Å²) in [6.07, 6.45) is 5.27. The maximum absolute atomic E-state index is 13.2. The van der Waals surface area contributed by atoms with E-state index in [2.05, 4.69) is 34.6 Å². The quantitative estimate of drug-likeness (QED) is 0.580. The lowest BCUT2D eigenvalue weighted by atomic mass is 9.35. The Morgan fingerprint density at radius 3 is 2.32 bits per heavy atom. The van der Waals surface area contributed by atoms with Crippen molar-refractivity contribution in [2.75, 3.05) is 7.11 Å². The lowest BCUT2D eigenvalue weighted by Crippen LogP contribution is -2.66. The number of cyclic esters (lactones) is 1. The molecule has 0 aromatic heterocycles. The molecule has 0 amide bonds. The highest BCUT2D eigenvalue weighted by atomic mass is 16.6. The van der Waals surface area contributed by atoms with Crippen LogP contribution in [0.3, 0.4) is 0 Å². The summed E-state index contributed by atoms with van der Waals surface area (Å²) < 4.78 is 17.3. The van der Waals surface area contributed by atoms with Crippen molar-refractivity contribution in [2.45, 2.75) is 105 Å². The third kappa shape index (κ3) is 3.00. The van der Waals surface area contributed by atoms with Gasteiger partial charge in [-0.15, -0.1) is 0 Å². The van der Waals surface area contributed by atoms with Crippen LogP contribution in [0.4, 0.5) is 0 Å². The van der Waals surface area contributed by atoms with Crippen LogP contribution in [0.1, 0.15) is 86.5 Å². The molecule has 4 aliphatic carbocycles. The predicted octanol–water partition coefficient (Wildman–Crippen LogP) is 4.78. The zero-order valence-electron chi connectivity index (χ0n) is 21.9. The van der Waals surface area contributed by atoms with Crippen LogP contribution < -0.4 is 0 Å². The van der Waals surface area contributed by atoms with Crippen molar-refractivity contribution in [1.29, 1.82) is 0 Å². The van der Waals surface area contributed by atoms with Gasteiger partial charge in [-0.2, -0.15) is 0 Å². The minimum Gasteiger partial charge on any atom is -0.462 e. The van der Waals surface area contributed by atoms with Crippen LogP contribution in [0.2, 0.25) is 0 Å². The van der Waals surface area contributed by atoms with Gasteiger partial charge in [-0.25, -0.2) is 4.79 Å². The van der Waals surface area contributed by atoms with Gasteiger partial charge in [0.1, 0.15) is 6.10 Å². The number of carbonyl (C=O) groups excluding carboxylic acids is 2. The monoisotopic (exact) mass is 474 g/mol. The van der Waals surface area contributed by atoms with Gasteiger partial charge in [0, 0.05) is 25.0 Å². The Bertz CT molecular complexity index is 937. The lowest BCUT2D eigenvalue weighted by molar-refractivity contribution is -0.229. The highest BCUT2D eigenvalue weighted by molar-refractivity contribution is 5.94. The van der Waals surface area contributed by atoms with Gasteiger partial charge in [0.05, 0.1) is 11.7 Å².